The summed E-state index contributed by atoms with van der Waals surface area (Å²) in [5.74, 6) is 0. The van der Waals surface area contributed by atoms with Gasteiger partial charge in [-0.3, -0.25) is 0 Å². The predicted molar refractivity (Wildman–Crippen MR) is 54.0 cm³/mol. The van der Waals surface area contributed by atoms with Crippen LogP contribution in [0.1, 0.15) is 20.8 Å². The summed E-state index contributed by atoms with van der Waals surface area (Å²) in [7, 11) is -1.85. The summed E-state index contributed by atoms with van der Waals surface area (Å²) in [6.07, 6.45) is 0.352. The van der Waals surface area contributed by atoms with Crippen LogP contribution in [0, 0.1) is 0 Å². The van der Waals surface area contributed by atoms with E-state index in [4.69, 9.17) is 13.6 Å². The minimum Gasteiger partial charge on any atom is -0.395 e. The van der Waals surface area contributed by atoms with Crippen LogP contribution in [0.3, 0.4) is 0 Å². The Kier molecular flexibility index (Phi) is 4.38. The van der Waals surface area contributed by atoms with Gasteiger partial charge >= 0.3 is 8.56 Å². The Balaban J connectivity index is 2.32. The first-order valence-corrected chi connectivity index (χ1v) is 7.39. The van der Waals surface area contributed by atoms with Crippen LogP contribution in [-0.2, 0) is 13.6 Å². The van der Waals surface area contributed by atoms with Crippen LogP contribution in [-0.4, -0.2) is 34.5 Å². The first-order chi connectivity index (χ1) is 6.26. The molecule has 1 aliphatic heterocycles. The van der Waals surface area contributed by atoms with Gasteiger partial charge in [0.05, 0.1) is 13.2 Å². The molecule has 1 aliphatic rings. The first-order valence-electron chi connectivity index (χ1n) is 5.15. The normalized spacial score (nSPS) is 21.9. The molecule has 1 rings (SSSR count). The zero-order valence-electron chi connectivity index (χ0n) is 8.84. The van der Waals surface area contributed by atoms with Gasteiger partial charge in [-0.1, -0.05) is 13.8 Å². The lowest BCUT2D eigenvalue weighted by molar-refractivity contribution is 0.162. The van der Waals surface area contributed by atoms with Crippen molar-refractivity contribution in [1.82, 2.24) is 0 Å². The van der Waals surface area contributed by atoms with E-state index in [1.54, 1.807) is 0 Å². The lowest BCUT2D eigenvalue weighted by Crippen LogP contribution is -2.41. The molecule has 0 bridgehead atoms. The van der Waals surface area contributed by atoms with E-state index >= 15 is 0 Å². The van der Waals surface area contributed by atoms with E-state index in [1.807, 2.05) is 6.92 Å². The summed E-state index contributed by atoms with van der Waals surface area (Å²) in [4.78, 5) is 0. The molecule has 1 fully saturated rings. The molecule has 0 radical (unpaired) electrons. The summed E-state index contributed by atoms with van der Waals surface area (Å²) in [6, 6.07) is 2.06. The molecule has 1 unspecified atom stereocenters. The number of epoxide rings is 1. The molecule has 78 valence electrons. The maximum absolute atomic E-state index is 5.88. The Hall–Kier alpha value is 0.0969. The highest BCUT2D eigenvalue weighted by Gasteiger charge is 2.36. The van der Waals surface area contributed by atoms with E-state index in [0.717, 1.165) is 31.9 Å². The second-order valence-corrected chi connectivity index (χ2v) is 7.13. The molecule has 0 saturated carbocycles. The van der Waals surface area contributed by atoms with E-state index in [1.165, 1.54) is 0 Å². The van der Waals surface area contributed by atoms with Crippen molar-refractivity contribution in [3.63, 3.8) is 0 Å². The number of ether oxygens (including phenoxy) is 1. The lowest BCUT2D eigenvalue weighted by atomic mass is 10.5. The SMILES string of the molecule is CCO[Si](CC)(CC)OCC1CO1. The predicted octanol–water partition coefficient (Wildman–Crippen LogP) is 1.92. The molecule has 1 atom stereocenters. The molecule has 1 heterocycles. The first kappa shape index (κ1) is 11.2. The van der Waals surface area contributed by atoms with Crippen molar-refractivity contribution in [3.8, 4) is 0 Å². The molecule has 0 spiro atoms. The lowest BCUT2D eigenvalue weighted by Gasteiger charge is -2.27. The van der Waals surface area contributed by atoms with Crippen LogP contribution in [0.5, 0.6) is 0 Å². The average molecular weight is 204 g/mol. The molecule has 1 saturated heterocycles. The van der Waals surface area contributed by atoms with E-state index in [2.05, 4.69) is 13.8 Å². The minimum absolute atomic E-state index is 0.352. The Morgan fingerprint density at radius 1 is 1.23 bits per heavy atom. The summed E-state index contributed by atoms with van der Waals surface area (Å²) in [6.45, 7) is 8.69. The van der Waals surface area contributed by atoms with Crippen molar-refractivity contribution in [2.24, 2.45) is 0 Å². The van der Waals surface area contributed by atoms with Gasteiger partial charge in [0, 0.05) is 6.61 Å². The fraction of sp³-hybridized carbons (Fsp3) is 1.00. The molecule has 0 aromatic rings. The standard InChI is InChI=1S/C9H20O3Si/c1-4-11-13(5-2,6-3)12-8-9-7-10-9/h9H,4-8H2,1-3H3. The quantitative estimate of drug-likeness (QED) is 0.469. The number of hydrogen-bond acceptors (Lipinski definition) is 3. The molecule has 13 heavy (non-hydrogen) atoms. The van der Waals surface area contributed by atoms with E-state index < -0.39 is 8.56 Å². The van der Waals surface area contributed by atoms with Crippen LogP contribution < -0.4 is 0 Å². The molecule has 0 aliphatic carbocycles. The fourth-order valence-electron chi connectivity index (χ4n) is 1.37. The maximum atomic E-state index is 5.88. The third kappa shape index (κ3) is 3.38. The molecule has 3 nitrogen and oxygen atoms in total. The molecular weight excluding hydrogens is 184 g/mol. The Labute approximate surface area is 81.6 Å². The second-order valence-electron chi connectivity index (χ2n) is 3.32. The summed E-state index contributed by atoms with van der Waals surface area (Å²) >= 11 is 0. The van der Waals surface area contributed by atoms with Crippen molar-refractivity contribution in [2.75, 3.05) is 19.8 Å². The van der Waals surface area contributed by atoms with Crippen molar-refractivity contribution in [3.05, 3.63) is 0 Å². The Bertz CT molecular complexity index is 144. The molecular formula is C9H20O3Si. The summed E-state index contributed by atoms with van der Waals surface area (Å²) in [5, 5.41) is 0. The Morgan fingerprint density at radius 2 is 1.85 bits per heavy atom. The van der Waals surface area contributed by atoms with E-state index in [-0.39, 0.29) is 0 Å². The average Bonchev–Trinajstić information content (AvgIpc) is 2.96. The minimum atomic E-state index is -1.85. The number of rotatable bonds is 7. The third-order valence-corrected chi connectivity index (χ3v) is 6.08. The Morgan fingerprint density at radius 3 is 2.23 bits per heavy atom. The van der Waals surface area contributed by atoms with Crippen LogP contribution >= 0.6 is 0 Å². The van der Waals surface area contributed by atoms with Gasteiger partial charge in [0.25, 0.3) is 0 Å². The van der Waals surface area contributed by atoms with Crippen LogP contribution in [0.25, 0.3) is 0 Å². The molecule has 4 heteroatoms. The van der Waals surface area contributed by atoms with Gasteiger partial charge in [-0.25, -0.2) is 0 Å². The summed E-state index contributed by atoms with van der Waals surface area (Å²) in [5.41, 5.74) is 0. The smallest absolute Gasteiger partial charge is 0.337 e. The summed E-state index contributed by atoms with van der Waals surface area (Å²) < 4.78 is 16.8. The molecule has 0 aromatic heterocycles. The largest absolute Gasteiger partial charge is 0.395 e. The zero-order chi connectivity index (χ0) is 9.73. The van der Waals surface area contributed by atoms with Crippen LogP contribution in [0.2, 0.25) is 12.1 Å². The molecule has 0 N–H and O–H groups in total. The van der Waals surface area contributed by atoms with Gasteiger partial charge in [-0.15, -0.1) is 0 Å². The maximum Gasteiger partial charge on any atom is 0.337 e. The van der Waals surface area contributed by atoms with Crippen molar-refractivity contribution in [1.29, 1.82) is 0 Å². The van der Waals surface area contributed by atoms with Crippen molar-refractivity contribution >= 4 is 8.56 Å². The van der Waals surface area contributed by atoms with Gasteiger partial charge in [-0.2, -0.15) is 0 Å². The topological polar surface area (TPSA) is 31.0 Å². The highest BCUT2D eigenvalue weighted by atomic mass is 28.4. The van der Waals surface area contributed by atoms with Crippen LogP contribution in [0.4, 0.5) is 0 Å². The van der Waals surface area contributed by atoms with Crippen molar-refractivity contribution < 1.29 is 13.6 Å². The van der Waals surface area contributed by atoms with E-state index in [0.29, 0.717) is 6.10 Å². The third-order valence-electron chi connectivity index (χ3n) is 2.42. The highest BCUT2D eigenvalue weighted by Crippen LogP contribution is 2.21. The number of hydrogen-bond donors (Lipinski definition) is 0. The van der Waals surface area contributed by atoms with Gasteiger partial charge in [-0.05, 0) is 19.0 Å². The second kappa shape index (κ2) is 5.10. The van der Waals surface area contributed by atoms with Gasteiger partial charge in [0.15, 0.2) is 0 Å². The van der Waals surface area contributed by atoms with Crippen LogP contribution in [0.15, 0.2) is 0 Å². The molecule has 0 aromatic carbocycles. The van der Waals surface area contributed by atoms with Gasteiger partial charge in [0.2, 0.25) is 0 Å². The van der Waals surface area contributed by atoms with Crippen molar-refractivity contribution in [2.45, 2.75) is 39.0 Å². The molecule has 0 amide bonds. The highest BCUT2D eigenvalue weighted by molar-refractivity contribution is 6.67. The van der Waals surface area contributed by atoms with Gasteiger partial charge in [0.1, 0.15) is 6.10 Å². The zero-order valence-corrected chi connectivity index (χ0v) is 9.84. The van der Waals surface area contributed by atoms with E-state index in [9.17, 15) is 0 Å². The van der Waals surface area contributed by atoms with Gasteiger partial charge < -0.3 is 13.6 Å². The fourth-order valence-corrected chi connectivity index (χ4v) is 3.79. The monoisotopic (exact) mass is 204 g/mol.